The van der Waals surface area contributed by atoms with E-state index in [4.69, 9.17) is 0 Å². The molecular weight excluding hydrogens is 460 g/mol. The normalized spacial score (nSPS) is 18.2. The van der Waals surface area contributed by atoms with Gasteiger partial charge in [-0.25, -0.2) is 14.5 Å². The van der Waals surface area contributed by atoms with Crippen LogP contribution in [0.5, 0.6) is 0 Å². The monoisotopic (exact) mass is 490 g/mol. The number of pyridine rings is 1. The summed E-state index contributed by atoms with van der Waals surface area (Å²) in [5, 5.41) is 9.06. The van der Waals surface area contributed by atoms with Crippen LogP contribution in [-0.4, -0.2) is 82.6 Å². The van der Waals surface area contributed by atoms with Crippen molar-refractivity contribution >= 4 is 50.2 Å². The van der Waals surface area contributed by atoms with Crippen molar-refractivity contribution < 1.29 is 4.79 Å². The number of rotatable bonds is 5. The van der Waals surface area contributed by atoms with Crippen molar-refractivity contribution in [3.63, 3.8) is 0 Å². The summed E-state index contributed by atoms with van der Waals surface area (Å²) in [5.41, 5.74) is 4.30. The number of carbonyl (C=O) groups is 1. The molecule has 0 spiro atoms. The molecule has 4 aromatic heterocycles. The SMILES string of the molecule is CN(C)c1cn2nccc2cc1Nc1ncnc2sc3c(c12)CC[C@H](C(=O)N1CC(N(C)C)C1)C3. The fourth-order valence-corrected chi connectivity index (χ4v) is 6.44. The molecule has 0 radical (unpaired) electrons. The molecule has 1 N–H and O–H groups in total. The van der Waals surface area contributed by atoms with Gasteiger partial charge < -0.3 is 20.0 Å². The quantitative estimate of drug-likeness (QED) is 0.461. The summed E-state index contributed by atoms with van der Waals surface area (Å²) in [6, 6.07) is 4.57. The van der Waals surface area contributed by atoms with Crippen LogP contribution >= 0.6 is 11.3 Å². The Labute approximate surface area is 208 Å². The second kappa shape index (κ2) is 8.46. The number of hydrogen-bond donors (Lipinski definition) is 1. The molecule has 1 amide bonds. The number of nitrogens with one attached hydrogen (secondary N) is 1. The molecule has 182 valence electrons. The van der Waals surface area contributed by atoms with Gasteiger partial charge in [0.05, 0.1) is 28.5 Å². The van der Waals surface area contributed by atoms with Crippen LogP contribution in [0.1, 0.15) is 16.9 Å². The van der Waals surface area contributed by atoms with Crippen LogP contribution in [-0.2, 0) is 17.6 Å². The number of carbonyl (C=O) groups excluding carboxylic acids is 1. The molecule has 35 heavy (non-hydrogen) atoms. The molecule has 1 aliphatic heterocycles. The van der Waals surface area contributed by atoms with E-state index in [1.54, 1.807) is 23.9 Å². The molecule has 0 bridgehead atoms. The first-order chi connectivity index (χ1) is 16.9. The third-order valence-corrected chi connectivity index (χ3v) is 8.51. The maximum Gasteiger partial charge on any atom is 0.226 e. The van der Waals surface area contributed by atoms with Crippen molar-refractivity contribution in [3.8, 4) is 0 Å². The number of aryl methyl sites for hydroxylation is 1. The Kier molecular flexibility index (Phi) is 5.37. The topological polar surface area (TPSA) is 81.9 Å². The second-order valence-corrected chi connectivity index (χ2v) is 11.1. The Hall–Kier alpha value is -3.24. The highest BCUT2D eigenvalue weighted by molar-refractivity contribution is 7.19. The van der Waals surface area contributed by atoms with Gasteiger partial charge in [-0.2, -0.15) is 5.10 Å². The zero-order chi connectivity index (χ0) is 24.3. The lowest BCUT2D eigenvalue weighted by atomic mass is 9.86. The fraction of sp³-hybridized carbons (Fsp3) is 0.440. The first kappa shape index (κ1) is 22.2. The zero-order valence-electron chi connectivity index (χ0n) is 20.5. The van der Waals surface area contributed by atoms with Crippen molar-refractivity contribution in [2.24, 2.45) is 5.92 Å². The third-order valence-electron chi connectivity index (χ3n) is 7.35. The van der Waals surface area contributed by atoms with Gasteiger partial charge in [0, 0.05) is 50.2 Å². The van der Waals surface area contributed by atoms with Crippen molar-refractivity contribution in [1.82, 2.24) is 29.4 Å². The summed E-state index contributed by atoms with van der Waals surface area (Å²) in [7, 11) is 8.21. The van der Waals surface area contributed by atoms with Crippen LogP contribution in [0, 0.1) is 5.92 Å². The van der Waals surface area contributed by atoms with Crippen LogP contribution in [0.25, 0.3) is 15.7 Å². The molecule has 0 aromatic carbocycles. The van der Waals surface area contributed by atoms with Gasteiger partial charge in [-0.1, -0.05) is 0 Å². The molecular formula is C25H30N8OS. The Morgan fingerprint density at radius 1 is 1.20 bits per heavy atom. The van der Waals surface area contributed by atoms with E-state index >= 15 is 0 Å². The summed E-state index contributed by atoms with van der Waals surface area (Å²) in [6.07, 6.45) is 7.99. The van der Waals surface area contributed by atoms with E-state index in [0.717, 1.165) is 65.3 Å². The molecule has 1 fully saturated rings. The number of hydrogen-bond acceptors (Lipinski definition) is 8. The van der Waals surface area contributed by atoms with Crippen LogP contribution in [0.4, 0.5) is 17.2 Å². The van der Waals surface area contributed by atoms with Gasteiger partial charge in [0.25, 0.3) is 0 Å². The average Bonchev–Trinajstić information content (AvgIpc) is 3.40. The summed E-state index contributed by atoms with van der Waals surface area (Å²) in [5.74, 6) is 1.19. The highest BCUT2D eigenvalue weighted by Crippen LogP contribution is 2.41. The Bertz CT molecular complexity index is 1420. The van der Waals surface area contributed by atoms with E-state index in [9.17, 15) is 4.79 Å². The number of nitrogens with zero attached hydrogens (tertiary/aromatic N) is 7. The first-order valence-electron chi connectivity index (χ1n) is 12.0. The zero-order valence-corrected chi connectivity index (χ0v) is 21.3. The maximum absolute atomic E-state index is 13.1. The minimum absolute atomic E-state index is 0.0626. The maximum atomic E-state index is 13.1. The van der Waals surface area contributed by atoms with Gasteiger partial charge in [0.15, 0.2) is 0 Å². The molecule has 1 aliphatic carbocycles. The minimum atomic E-state index is 0.0626. The molecule has 0 unspecified atom stereocenters. The third kappa shape index (κ3) is 3.81. The van der Waals surface area contributed by atoms with E-state index in [0.29, 0.717) is 11.9 Å². The van der Waals surface area contributed by atoms with Gasteiger partial charge in [0.2, 0.25) is 5.91 Å². The molecule has 2 aliphatic rings. The van der Waals surface area contributed by atoms with Crippen molar-refractivity contribution in [2.75, 3.05) is 51.5 Å². The molecule has 9 nitrogen and oxygen atoms in total. The Balaban J connectivity index is 1.29. The molecule has 1 saturated heterocycles. The lowest BCUT2D eigenvalue weighted by Gasteiger charge is -2.44. The first-order valence-corrected chi connectivity index (χ1v) is 12.8. The van der Waals surface area contributed by atoms with Crippen LogP contribution in [0.3, 0.4) is 0 Å². The van der Waals surface area contributed by atoms with Crippen LogP contribution < -0.4 is 10.2 Å². The van der Waals surface area contributed by atoms with Gasteiger partial charge in [-0.15, -0.1) is 11.3 Å². The minimum Gasteiger partial charge on any atom is -0.375 e. The fourth-order valence-electron chi connectivity index (χ4n) is 5.17. The Morgan fingerprint density at radius 3 is 2.80 bits per heavy atom. The summed E-state index contributed by atoms with van der Waals surface area (Å²) in [4.78, 5) is 30.9. The predicted octanol–water partition coefficient (Wildman–Crippen LogP) is 3.03. The van der Waals surface area contributed by atoms with E-state index in [2.05, 4.69) is 50.3 Å². The summed E-state index contributed by atoms with van der Waals surface area (Å²) >= 11 is 1.71. The summed E-state index contributed by atoms with van der Waals surface area (Å²) in [6.45, 7) is 1.69. The van der Waals surface area contributed by atoms with E-state index < -0.39 is 0 Å². The largest absolute Gasteiger partial charge is 0.375 e. The predicted molar refractivity (Wildman–Crippen MR) is 140 cm³/mol. The van der Waals surface area contributed by atoms with Gasteiger partial charge in [-0.05, 0) is 51.1 Å². The number of amides is 1. The molecule has 5 heterocycles. The van der Waals surface area contributed by atoms with Crippen LogP contribution in [0.2, 0.25) is 0 Å². The Morgan fingerprint density at radius 2 is 2.03 bits per heavy atom. The van der Waals surface area contributed by atoms with E-state index in [-0.39, 0.29) is 5.92 Å². The number of fused-ring (bicyclic) bond motifs is 4. The van der Waals surface area contributed by atoms with E-state index in [1.807, 2.05) is 35.8 Å². The number of likely N-dealkylation sites (N-methyl/N-ethyl adjacent to an activating group) is 1. The van der Waals surface area contributed by atoms with Crippen LogP contribution in [0.15, 0.2) is 30.9 Å². The van der Waals surface area contributed by atoms with Crippen molar-refractivity contribution in [1.29, 1.82) is 0 Å². The standard InChI is InChI=1S/C25H30N8OS/c1-30(2)17-11-32(12-17)25(34)15-5-6-18-21(9-15)35-24-22(18)23(26-14-27-24)29-19-10-16-7-8-28-33(16)13-20(19)31(3)4/h7-8,10,13-15,17H,5-6,9,11-12H2,1-4H3,(H,26,27,29)/t15-/m0/s1. The molecule has 4 aromatic rings. The lowest BCUT2D eigenvalue weighted by Crippen LogP contribution is -2.60. The average molecular weight is 491 g/mol. The molecule has 6 rings (SSSR count). The second-order valence-electron chi connectivity index (χ2n) is 10.00. The molecule has 0 saturated carbocycles. The van der Waals surface area contributed by atoms with Gasteiger partial charge in [-0.3, -0.25) is 4.79 Å². The van der Waals surface area contributed by atoms with Crippen molar-refractivity contribution in [2.45, 2.75) is 25.3 Å². The summed E-state index contributed by atoms with van der Waals surface area (Å²) < 4.78 is 1.87. The van der Waals surface area contributed by atoms with Gasteiger partial charge in [0.1, 0.15) is 17.0 Å². The highest BCUT2D eigenvalue weighted by Gasteiger charge is 2.37. The smallest absolute Gasteiger partial charge is 0.226 e. The number of thiophene rings is 1. The van der Waals surface area contributed by atoms with E-state index in [1.165, 1.54) is 10.4 Å². The lowest BCUT2D eigenvalue weighted by molar-refractivity contribution is -0.142. The molecule has 10 heteroatoms. The number of likely N-dealkylation sites (tertiary alicyclic amines) is 1. The number of aromatic nitrogens is 4. The van der Waals surface area contributed by atoms with Crippen molar-refractivity contribution in [3.05, 3.63) is 41.3 Å². The highest BCUT2D eigenvalue weighted by atomic mass is 32.1. The van der Waals surface area contributed by atoms with Gasteiger partial charge >= 0.3 is 0 Å². The molecule has 1 atom stereocenters. The number of anilines is 3.